The van der Waals surface area contributed by atoms with Crippen molar-refractivity contribution < 1.29 is 0 Å². The fourth-order valence-electron chi connectivity index (χ4n) is 1.44. The van der Waals surface area contributed by atoms with Gasteiger partial charge < -0.3 is 5.73 Å². The van der Waals surface area contributed by atoms with Crippen molar-refractivity contribution in [3.8, 4) is 0 Å². The molecule has 1 rings (SSSR count). The highest BCUT2D eigenvalue weighted by Crippen LogP contribution is 2.15. The van der Waals surface area contributed by atoms with Crippen LogP contribution in [0.1, 0.15) is 37.2 Å². The van der Waals surface area contributed by atoms with Crippen molar-refractivity contribution in [1.29, 1.82) is 0 Å². The van der Waals surface area contributed by atoms with Crippen LogP contribution in [0.3, 0.4) is 0 Å². The van der Waals surface area contributed by atoms with Gasteiger partial charge in [-0.3, -0.25) is 4.68 Å². The van der Waals surface area contributed by atoms with E-state index in [2.05, 4.69) is 18.1 Å². The summed E-state index contributed by atoms with van der Waals surface area (Å²) < 4.78 is 1.87. The van der Waals surface area contributed by atoms with E-state index in [1.165, 1.54) is 0 Å². The van der Waals surface area contributed by atoms with Crippen LogP contribution in [0.15, 0.2) is 6.07 Å². The Morgan fingerprint density at radius 3 is 2.75 bits per heavy atom. The highest BCUT2D eigenvalue weighted by molar-refractivity contribution is 5.12. The van der Waals surface area contributed by atoms with Crippen molar-refractivity contribution in [2.75, 3.05) is 0 Å². The van der Waals surface area contributed by atoms with E-state index in [1.54, 1.807) is 0 Å². The third-order valence-corrected chi connectivity index (χ3v) is 2.02. The number of nitrogens with two attached hydrogens (primary N) is 1. The van der Waals surface area contributed by atoms with E-state index in [9.17, 15) is 0 Å². The summed E-state index contributed by atoms with van der Waals surface area (Å²) in [6.07, 6.45) is 2.14. The molecule has 68 valence electrons. The van der Waals surface area contributed by atoms with Crippen molar-refractivity contribution in [1.82, 2.24) is 9.78 Å². The first kappa shape index (κ1) is 9.26. The highest BCUT2D eigenvalue weighted by Gasteiger charge is 2.09. The van der Waals surface area contributed by atoms with Crippen LogP contribution in [-0.4, -0.2) is 9.78 Å². The van der Waals surface area contributed by atoms with E-state index < -0.39 is 0 Å². The summed E-state index contributed by atoms with van der Waals surface area (Å²) in [4.78, 5) is 0. The zero-order valence-electron chi connectivity index (χ0n) is 8.04. The van der Waals surface area contributed by atoms with Gasteiger partial charge in [-0.15, -0.1) is 0 Å². The minimum atomic E-state index is 0.140. The maximum Gasteiger partial charge on any atom is 0.0597 e. The molecule has 0 aliphatic carbocycles. The second-order valence-corrected chi connectivity index (χ2v) is 3.23. The first-order valence-corrected chi connectivity index (χ1v) is 4.41. The van der Waals surface area contributed by atoms with E-state index in [-0.39, 0.29) is 6.04 Å². The Bertz CT molecular complexity index is 252. The Morgan fingerprint density at radius 1 is 1.67 bits per heavy atom. The Balaban J connectivity index is 2.79. The van der Waals surface area contributed by atoms with Crippen molar-refractivity contribution in [2.45, 2.75) is 32.7 Å². The Morgan fingerprint density at radius 2 is 2.33 bits per heavy atom. The third kappa shape index (κ3) is 1.85. The molecule has 0 aliphatic rings. The maximum absolute atomic E-state index is 5.96. The second-order valence-electron chi connectivity index (χ2n) is 3.23. The molecule has 3 nitrogen and oxygen atoms in total. The Labute approximate surface area is 73.6 Å². The summed E-state index contributed by atoms with van der Waals surface area (Å²) in [5.41, 5.74) is 8.13. The average molecular weight is 167 g/mol. The lowest BCUT2D eigenvalue weighted by molar-refractivity contribution is 0.574. The fourth-order valence-corrected chi connectivity index (χ4v) is 1.44. The number of nitrogens with zero attached hydrogens (tertiary/aromatic N) is 2. The largest absolute Gasteiger partial charge is 0.323 e. The van der Waals surface area contributed by atoms with Crippen LogP contribution in [0.4, 0.5) is 0 Å². The molecule has 1 unspecified atom stereocenters. The number of aryl methyl sites for hydroxylation is 2. The summed E-state index contributed by atoms with van der Waals surface area (Å²) in [6.45, 7) is 4.13. The van der Waals surface area contributed by atoms with Crippen LogP contribution in [-0.2, 0) is 7.05 Å². The van der Waals surface area contributed by atoms with Crippen LogP contribution >= 0.6 is 0 Å². The third-order valence-electron chi connectivity index (χ3n) is 2.02. The molecule has 0 fully saturated rings. The monoisotopic (exact) mass is 167 g/mol. The van der Waals surface area contributed by atoms with Crippen molar-refractivity contribution in [3.05, 3.63) is 17.5 Å². The summed E-state index contributed by atoms with van der Waals surface area (Å²) in [6, 6.07) is 2.20. The molecular weight excluding hydrogens is 150 g/mol. The molecule has 12 heavy (non-hydrogen) atoms. The summed E-state index contributed by atoms with van der Waals surface area (Å²) in [5, 5.41) is 4.25. The maximum atomic E-state index is 5.96. The van der Waals surface area contributed by atoms with Crippen LogP contribution < -0.4 is 5.73 Å². The molecule has 1 atom stereocenters. The molecule has 0 saturated carbocycles. The fraction of sp³-hybridized carbons (Fsp3) is 0.667. The number of hydrogen-bond acceptors (Lipinski definition) is 2. The SMILES string of the molecule is CCCC(N)c1cc(C)nn1C. The predicted octanol–water partition coefficient (Wildman–Crippen LogP) is 1.53. The number of hydrogen-bond donors (Lipinski definition) is 1. The van der Waals surface area contributed by atoms with Crippen LogP contribution in [0.2, 0.25) is 0 Å². The van der Waals surface area contributed by atoms with Gasteiger partial charge in [-0.1, -0.05) is 13.3 Å². The van der Waals surface area contributed by atoms with Gasteiger partial charge in [0.1, 0.15) is 0 Å². The van der Waals surface area contributed by atoms with E-state index in [1.807, 2.05) is 18.7 Å². The molecule has 0 aromatic carbocycles. The normalized spacial score (nSPS) is 13.3. The van der Waals surface area contributed by atoms with Crippen LogP contribution in [0.25, 0.3) is 0 Å². The summed E-state index contributed by atoms with van der Waals surface area (Å²) in [7, 11) is 1.94. The molecule has 0 bridgehead atoms. The van der Waals surface area contributed by atoms with Gasteiger partial charge in [0, 0.05) is 13.1 Å². The average Bonchev–Trinajstić information content (AvgIpc) is 2.30. The molecule has 0 aliphatic heterocycles. The van der Waals surface area contributed by atoms with Crippen molar-refractivity contribution >= 4 is 0 Å². The number of rotatable bonds is 3. The Hall–Kier alpha value is -0.830. The minimum Gasteiger partial charge on any atom is -0.323 e. The van der Waals surface area contributed by atoms with E-state index in [0.29, 0.717) is 0 Å². The molecular formula is C9H17N3. The molecule has 1 heterocycles. The summed E-state index contributed by atoms with van der Waals surface area (Å²) >= 11 is 0. The standard InChI is InChI=1S/C9H17N3/c1-4-5-8(10)9-6-7(2)11-12(9)3/h6,8H,4-5,10H2,1-3H3. The van der Waals surface area contributed by atoms with E-state index >= 15 is 0 Å². The van der Waals surface area contributed by atoms with Gasteiger partial charge in [-0.25, -0.2) is 0 Å². The lowest BCUT2D eigenvalue weighted by Crippen LogP contribution is -2.14. The van der Waals surface area contributed by atoms with Gasteiger partial charge >= 0.3 is 0 Å². The van der Waals surface area contributed by atoms with E-state index in [0.717, 1.165) is 24.2 Å². The van der Waals surface area contributed by atoms with Gasteiger partial charge in [-0.2, -0.15) is 5.10 Å². The quantitative estimate of drug-likeness (QED) is 0.742. The highest BCUT2D eigenvalue weighted by atomic mass is 15.3. The minimum absolute atomic E-state index is 0.140. The van der Waals surface area contributed by atoms with Gasteiger partial charge in [0.05, 0.1) is 11.4 Å². The van der Waals surface area contributed by atoms with Crippen LogP contribution in [0, 0.1) is 6.92 Å². The molecule has 0 amide bonds. The van der Waals surface area contributed by atoms with Crippen molar-refractivity contribution in [2.24, 2.45) is 12.8 Å². The Kier molecular flexibility index (Phi) is 2.87. The lowest BCUT2D eigenvalue weighted by Gasteiger charge is -2.09. The molecule has 0 radical (unpaired) electrons. The molecule has 3 heteroatoms. The number of aromatic nitrogens is 2. The van der Waals surface area contributed by atoms with Gasteiger partial charge in [0.15, 0.2) is 0 Å². The molecule has 0 saturated heterocycles. The molecule has 1 aromatic rings. The first-order chi connectivity index (χ1) is 5.65. The second kappa shape index (κ2) is 3.72. The molecule has 1 aromatic heterocycles. The smallest absolute Gasteiger partial charge is 0.0597 e. The lowest BCUT2D eigenvalue weighted by atomic mass is 10.1. The van der Waals surface area contributed by atoms with Gasteiger partial charge in [0.25, 0.3) is 0 Å². The van der Waals surface area contributed by atoms with Gasteiger partial charge in [-0.05, 0) is 19.4 Å². The van der Waals surface area contributed by atoms with E-state index in [4.69, 9.17) is 5.73 Å². The molecule has 0 spiro atoms. The molecule has 2 N–H and O–H groups in total. The predicted molar refractivity (Wildman–Crippen MR) is 49.8 cm³/mol. The van der Waals surface area contributed by atoms with Crippen molar-refractivity contribution in [3.63, 3.8) is 0 Å². The summed E-state index contributed by atoms with van der Waals surface area (Å²) in [5.74, 6) is 0. The zero-order chi connectivity index (χ0) is 9.14. The van der Waals surface area contributed by atoms with Crippen LogP contribution in [0.5, 0.6) is 0 Å². The zero-order valence-corrected chi connectivity index (χ0v) is 8.04. The first-order valence-electron chi connectivity index (χ1n) is 4.41. The topological polar surface area (TPSA) is 43.8 Å². The van der Waals surface area contributed by atoms with Gasteiger partial charge in [0.2, 0.25) is 0 Å².